The number of nitrogens with one attached hydrogen (secondary N) is 2. The van der Waals surface area contributed by atoms with Crippen LogP contribution in [0.4, 0.5) is 11.5 Å². The molecule has 1 fully saturated rings. The minimum absolute atomic E-state index is 0.0272. The summed E-state index contributed by atoms with van der Waals surface area (Å²) >= 11 is 12.0. The van der Waals surface area contributed by atoms with Crippen LogP contribution < -0.4 is 10.5 Å². The van der Waals surface area contributed by atoms with E-state index < -0.39 is 10.0 Å². The van der Waals surface area contributed by atoms with Gasteiger partial charge in [-0.05, 0) is 49.2 Å². The Bertz CT molecular complexity index is 1720. The van der Waals surface area contributed by atoms with E-state index in [-0.39, 0.29) is 14.9 Å². The third-order valence-corrected chi connectivity index (χ3v) is 8.29. The van der Waals surface area contributed by atoms with E-state index in [2.05, 4.69) is 24.2 Å². The molecule has 3 heterocycles. The molecule has 0 spiro atoms. The summed E-state index contributed by atoms with van der Waals surface area (Å²) in [5.41, 5.74) is 9.57. The summed E-state index contributed by atoms with van der Waals surface area (Å²) in [6.07, 6.45) is 8.08. The lowest BCUT2D eigenvalue weighted by atomic mass is 10.2. The highest BCUT2D eigenvalue weighted by atomic mass is 35.5. The standard InChI is InChI=1S/C24H21Cl2N7O2S/c25-13-7-14(26)9-17(8-13)36(34,35)32-15-5-6-19-20(10-15)31-23(30-19)18-11-33(16-3-1-2-4-16)24-21(18)22(27)28-12-29-24/h5-12,16,32H,1-4H2,(H,30,31)(H2,27,28,29). The lowest BCUT2D eigenvalue weighted by Gasteiger charge is -2.12. The minimum atomic E-state index is -3.90. The molecule has 36 heavy (non-hydrogen) atoms. The first-order valence-corrected chi connectivity index (χ1v) is 13.6. The molecule has 184 valence electrons. The van der Waals surface area contributed by atoms with Crippen LogP contribution in [-0.2, 0) is 10.0 Å². The Morgan fingerprint density at radius 3 is 2.56 bits per heavy atom. The first-order valence-electron chi connectivity index (χ1n) is 11.4. The molecule has 6 rings (SSSR count). The van der Waals surface area contributed by atoms with E-state index in [1.807, 2.05) is 6.20 Å². The number of aromatic amines is 1. The van der Waals surface area contributed by atoms with Gasteiger partial charge in [-0.25, -0.2) is 23.4 Å². The van der Waals surface area contributed by atoms with Crippen molar-refractivity contribution in [2.24, 2.45) is 0 Å². The van der Waals surface area contributed by atoms with Crippen LogP contribution in [-0.4, -0.2) is 32.9 Å². The highest BCUT2D eigenvalue weighted by Crippen LogP contribution is 2.38. The molecule has 5 aromatic rings. The van der Waals surface area contributed by atoms with Crippen molar-refractivity contribution in [3.8, 4) is 11.4 Å². The Labute approximate surface area is 216 Å². The lowest BCUT2D eigenvalue weighted by Crippen LogP contribution is -2.12. The maximum atomic E-state index is 12.9. The highest BCUT2D eigenvalue weighted by molar-refractivity contribution is 7.92. The summed E-state index contributed by atoms with van der Waals surface area (Å²) in [5.74, 6) is 0.996. The second-order valence-corrected chi connectivity index (χ2v) is 11.4. The number of aromatic nitrogens is 5. The predicted molar refractivity (Wildman–Crippen MR) is 142 cm³/mol. The van der Waals surface area contributed by atoms with Crippen LogP contribution in [0, 0.1) is 0 Å². The van der Waals surface area contributed by atoms with Crippen molar-refractivity contribution in [2.75, 3.05) is 10.5 Å². The van der Waals surface area contributed by atoms with E-state index in [1.165, 1.54) is 37.4 Å². The molecule has 1 saturated carbocycles. The zero-order valence-corrected chi connectivity index (χ0v) is 21.2. The molecule has 1 aliphatic rings. The molecule has 2 aromatic carbocycles. The number of benzene rings is 2. The monoisotopic (exact) mass is 541 g/mol. The van der Waals surface area contributed by atoms with Gasteiger partial charge in [0.1, 0.15) is 23.6 Å². The number of H-pyrrole nitrogens is 1. The van der Waals surface area contributed by atoms with Crippen LogP contribution in [0.1, 0.15) is 31.7 Å². The molecule has 0 amide bonds. The number of nitrogens with two attached hydrogens (primary N) is 1. The van der Waals surface area contributed by atoms with Crippen molar-refractivity contribution in [3.63, 3.8) is 0 Å². The Balaban J connectivity index is 1.39. The summed E-state index contributed by atoms with van der Waals surface area (Å²) in [4.78, 5) is 16.7. The molecular weight excluding hydrogens is 521 g/mol. The second-order valence-electron chi connectivity index (χ2n) is 8.87. The summed E-state index contributed by atoms with van der Waals surface area (Å²) < 4.78 is 30.5. The largest absolute Gasteiger partial charge is 0.383 e. The van der Waals surface area contributed by atoms with Gasteiger partial charge in [-0.3, -0.25) is 4.72 Å². The summed E-state index contributed by atoms with van der Waals surface area (Å²) in [7, 11) is -3.90. The third kappa shape index (κ3) is 4.04. The van der Waals surface area contributed by atoms with E-state index in [9.17, 15) is 8.42 Å². The maximum absolute atomic E-state index is 12.9. The number of imidazole rings is 1. The van der Waals surface area contributed by atoms with Crippen LogP contribution in [0.15, 0.2) is 53.8 Å². The Morgan fingerprint density at radius 2 is 1.81 bits per heavy atom. The topological polar surface area (TPSA) is 132 Å². The van der Waals surface area contributed by atoms with E-state index >= 15 is 0 Å². The van der Waals surface area contributed by atoms with Crippen LogP contribution in [0.25, 0.3) is 33.5 Å². The molecular formula is C24H21Cl2N7O2S. The molecule has 0 atom stereocenters. The fourth-order valence-electron chi connectivity index (χ4n) is 4.85. The van der Waals surface area contributed by atoms with Gasteiger partial charge in [0.25, 0.3) is 10.0 Å². The molecule has 3 aromatic heterocycles. The van der Waals surface area contributed by atoms with Crippen molar-refractivity contribution in [2.45, 2.75) is 36.6 Å². The minimum Gasteiger partial charge on any atom is -0.383 e. The number of hydrogen-bond donors (Lipinski definition) is 3. The number of nitrogen functional groups attached to an aromatic ring is 1. The van der Waals surface area contributed by atoms with Gasteiger partial charge in [0.15, 0.2) is 0 Å². The molecule has 0 radical (unpaired) electrons. The Kier molecular flexibility index (Phi) is 5.55. The summed E-state index contributed by atoms with van der Waals surface area (Å²) in [6.45, 7) is 0. The Morgan fingerprint density at radius 1 is 1.06 bits per heavy atom. The number of rotatable bonds is 5. The van der Waals surface area contributed by atoms with Gasteiger partial charge in [-0.1, -0.05) is 36.0 Å². The quantitative estimate of drug-likeness (QED) is 0.258. The second kappa shape index (κ2) is 8.65. The first kappa shape index (κ1) is 23.1. The van der Waals surface area contributed by atoms with Gasteiger partial charge < -0.3 is 15.3 Å². The van der Waals surface area contributed by atoms with Crippen LogP contribution >= 0.6 is 23.2 Å². The number of halogens is 2. The van der Waals surface area contributed by atoms with E-state index in [0.29, 0.717) is 34.4 Å². The van der Waals surface area contributed by atoms with Crippen LogP contribution in [0.5, 0.6) is 0 Å². The van der Waals surface area contributed by atoms with E-state index in [1.54, 1.807) is 18.2 Å². The maximum Gasteiger partial charge on any atom is 0.261 e. The van der Waals surface area contributed by atoms with E-state index in [4.69, 9.17) is 33.9 Å². The van der Waals surface area contributed by atoms with Crippen molar-refractivity contribution < 1.29 is 8.42 Å². The van der Waals surface area contributed by atoms with Crippen molar-refractivity contribution in [1.29, 1.82) is 0 Å². The van der Waals surface area contributed by atoms with E-state index in [0.717, 1.165) is 29.4 Å². The Hall–Kier alpha value is -3.34. The molecule has 4 N–H and O–H groups in total. The normalized spacial score (nSPS) is 14.7. The van der Waals surface area contributed by atoms with Gasteiger partial charge in [0.2, 0.25) is 0 Å². The molecule has 12 heteroatoms. The molecule has 0 bridgehead atoms. The van der Waals surface area contributed by atoms with Gasteiger partial charge in [0, 0.05) is 27.8 Å². The molecule has 9 nitrogen and oxygen atoms in total. The molecule has 0 aliphatic heterocycles. The van der Waals surface area contributed by atoms with Gasteiger partial charge in [-0.2, -0.15) is 0 Å². The van der Waals surface area contributed by atoms with Crippen molar-refractivity contribution in [3.05, 3.63) is 59.0 Å². The number of fused-ring (bicyclic) bond motifs is 2. The molecule has 1 aliphatic carbocycles. The number of anilines is 2. The fraction of sp³-hybridized carbons (Fsp3) is 0.208. The average molecular weight is 542 g/mol. The van der Waals surface area contributed by atoms with Gasteiger partial charge >= 0.3 is 0 Å². The van der Waals surface area contributed by atoms with Gasteiger partial charge in [0.05, 0.1) is 27.0 Å². The van der Waals surface area contributed by atoms with Crippen LogP contribution in [0.2, 0.25) is 10.0 Å². The zero-order chi connectivity index (χ0) is 25.0. The van der Waals surface area contributed by atoms with Gasteiger partial charge in [-0.15, -0.1) is 0 Å². The van der Waals surface area contributed by atoms with Crippen LogP contribution in [0.3, 0.4) is 0 Å². The smallest absolute Gasteiger partial charge is 0.261 e. The highest BCUT2D eigenvalue weighted by Gasteiger charge is 2.24. The fourth-order valence-corrected chi connectivity index (χ4v) is 6.62. The first-order chi connectivity index (χ1) is 17.3. The summed E-state index contributed by atoms with van der Waals surface area (Å²) in [6, 6.07) is 9.60. The average Bonchev–Trinajstić information content (AvgIpc) is 3.56. The zero-order valence-electron chi connectivity index (χ0n) is 18.9. The van der Waals surface area contributed by atoms with Crippen molar-refractivity contribution >= 4 is 66.8 Å². The van der Waals surface area contributed by atoms with Crippen molar-refractivity contribution in [1.82, 2.24) is 24.5 Å². The number of sulfonamides is 1. The number of hydrogen-bond acceptors (Lipinski definition) is 6. The SMILES string of the molecule is Nc1ncnc2c1c(-c1nc3ccc(NS(=O)(=O)c4cc(Cl)cc(Cl)c4)cc3[nH]1)cn2C1CCCC1. The summed E-state index contributed by atoms with van der Waals surface area (Å²) in [5, 5.41) is 1.22. The molecule has 0 saturated heterocycles. The lowest BCUT2D eigenvalue weighted by molar-refractivity contribution is 0.532. The number of nitrogens with zero attached hydrogens (tertiary/aromatic N) is 4. The predicted octanol–water partition coefficient (Wildman–Crippen LogP) is 5.78. The third-order valence-electron chi connectivity index (χ3n) is 6.49. The molecule has 0 unspecified atom stereocenters.